The molecule has 58 valence electrons. The molecule has 5 heteroatoms. The lowest BCUT2D eigenvalue weighted by atomic mass is 10.4. The van der Waals surface area contributed by atoms with E-state index in [2.05, 4.69) is 10.5 Å². The van der Waals surface area contributed by atoms with E-state index in [0.29, 0.717) is 5.84 Å². The number of amidine groups is 2. The number of nitrogens with zero attached hydrogens (tertiary/aromatic N) is 1. The molecule has 0 bridgehead atoms. The summed E-state index contributed by atoms with van der Waals surface area (Å²) in [4.78, 5) is 0. The minimum absolute atomic E-state index is 0.0506. The zero-order chi connectivity index (χ0) is 7.98. The maximum Gasteiger partial charge on any atom is 0.116 e. The summed E-state index contributed by atoms with van der Waals surface area (Å²) in [6.07, 6.45) is 0.275. The molecule has 0 amide bonds. The van der Waals surface area contributed by atoms with Crippen molar-refractivity contribution >= 4 is 11.7 Å². The molecular formula is C5H12N4O. The smallest absolute Gasteiger partial charge is 0.116 e. The fourth-order valence-corrected chi connectivity index (χ4v) is 0.323. The number of hydrazone groups is 1. The Morgan fingerprint density at radius 1 is 1.80 bits per heavy atom. The van der Waals surface area contributed by atoms with Gasteiger partial charge < -0.3 is 10.8 Å². The molecule has 0 atom stereocenters. The zero-order valence-corrected chi connectivity index (χ0v) is 5.89. The first-order chi connectivity index (χ1) is 4.66. The average Bonchev–Trinajstić information content (AvgIpc) is 1.85. The van der Waals surface area contributed by atoms with Gasteiger partial charge in [-0.1, -0.05) is 0 Å². The van der Waals surface area contributed by atoms with Gasteiger partial charge in [0.1, 0.15) is 11.7 Å². The van der Waals surface area contributed by atoms with Crippen LogP contribution in [0.25, 0.3) is 0 Å². The second-order valence-corrected chi connectivity index (χ2v) is 1.82. The quantitative estimate of drug-likeness (QED) is 0.238. The van der Waals surface area contributed by atoms with Gasteiger partial charge in [0.05, 0.1) is 6.61 Å². The van der Waals surface area contributed by atoms with Crippen LogP contribution in [0.2, 0.25) is 0 Å². The highest BCUT2D eigenvalue weighted by molar-refractivity contribution is 5.82. The first-order valence-corrected chi connectivity index (χ1v) is 2.91. The molecule has 0 rings (SSSR count). The van der Waals surface area contributed by atoms with Crippen molar-refractivity contribution in [2.24, 2.45) is 10.8 Å². The van der Waals surface area contributed by atoms with Gasteiger partial charge in [-0.05, 0) is 6.92 Å². The average molecular weight is 144 g/mol. The molecule has 0 aromatic carbocycles. The highest BCUT2D eigenvalue weighted by atomic mass is 16.3. The van der Waals surface area contributed by atoms with Crippen molar-refractivity contribution in [1.29, 1.82) is 5.41 Å². The molecule has 10 heavy (non-hydrogen) atoms. The Kier molecular flexibility index (Phi) is 4.23. The van der Waals surface area contributed by atoms with E-state index in [9.17, 15) is 0 Å². The zero-order valence-electron chi connectivity index (χ0n) is 5.89. The molecular weight excluding hydrogens is 132 g/mol. The van der Waals surface area contributed by atoms with Crippen molar-refractivity contribution in [3.05, 3.63) is 0 Å². The molecule has 5 nitrogen and oxygen atoms in total. The maximum atomic E-state index is 8.34. The first kappa shape index (κ1) is 8.90. The lowest BCUT2D eigenvalue weighted by Gasteiger charge is -1.99. The Hall–Kier alpha value is -1.10. The number of hydrogen-bond donors (Lipinski definition) is 4. The van der Waals surface area contributed by atoms with Gasteiger partial charge >= 0.3 is 0 Å². The van der Waals surface area contributed by atoms with Gasteiger partial charge in [-0.15, -0.1) is 0 Å². The standard InChI is InChI=1S/C5H12N4O/c1-4(6)8-9-5(7)2-3-10/h10H,2-3H2,1H3,(H2,6,8)(H2,7,9). The summed E-state index contributed by atoms with van der Waals surface area (Å²) in [6, 6.07) is 0. The van der Waals surface area contributed by atoms with E-state index in [1.807, 2.05) is 0 Å². The summed E-state index contributed by atoms with van der Waals surface area (Å²) in [5.41, 5.74) is 7.53. The van der Waals surface area contributed by atoms with Crippen molar-refractivity contribution in [3.63, 3.8) is 0 Å². The Labute approximate surface area is 59.4 Å². The molecule has 0 aromatic heterocycles. The second-order valence-electron chi connectivity index (χ2n) is 1.82. The van der Waals surface area contributed by atoms with Crippen molar-refractivity contribution in [1.82, 2.24) is 5.43 Å². The predicted octanol–water partition coefficient (Wildman–Crippen LogP) is -0.772. The third kappa shape index (κ3) is 5.04. The number of rotatable bonds is 3. The number of aliphatic hydroxyl groups is 1. The Bertz CT molecular complexity index is 139. The predicted molar refractivity (Wildman–Crippen MR) is 39.9 cm³/mol. The molecule has 0 aliphatic rings. The van der Waals surface area contributed by atoms with Crippen LogP contribution in [0.5, 0.6) is 0 Å². The van der Waals surface area contributed by atoms with Crippen LogP contribution in [0.3, 0.4) is 0 Å². The van der Waals surface area contributed by atoms with Crippen molar-refractivity contribution < 1.29 is 5.11 Å². The number of aliphatic hydroxyl groups excluding tert-OH is 1. The van der Waals surface area contributed by atoms with Crippen molar-refractivity contribution in [2.75, 3.05) is 6.61 Å². The summed E-state index contributed by atoms with van der Waals surface area (Å²) >= 11 is 0. The minimum Gasteiger partial charge on any atom is -0.396 e. The fourth-order valence-electron chi connectivity index (χ4n) is 0.323. The molecule has 0 aliphatic heterocycles. The number of hydrogen-bond acceptors (Lipinski definition) is 3. The fraction of sp³-hybridized carbons (Fsp3) is 0.600. The largest absolute Gasteiger partial charge is 0.396 e. The van der Waals surface area contributed by atoms with E-state index < -0.39 is 0 Å². The molecule has 0 saturated carbocycles. The van der Waals surface area contributed by atoms with Crippen LogP contribution >= 0.6 is 0 Å². The second kappa shape index (κ2) is 4.75. The Balaban J connectivity index is 3.49. The van der Waals surface area contributed by atoms with Gasteiger partial charge in [0, 0.05) is 6.42 Å². The SMILES string of the molecule is C/C(N)=N/NC(=N)CCO. The van der Waals surface area contributed by atoms with Crippen LogP contribution in [-0.4, -0.2) is 23.4 Å². The van der Waals surface area contributed by atoms with Crippen molar-refractivity contribution in [2.45, 2.75) is 13.3 Å². The topological polar surface area (TPSA) is 94.5 Å². The third-order valence-electron chi connectivity index (χ3n) is 0.729. The third-order valence-corrected chi connectivity index (χ3v) is 0.729. The molecule has 0 saturated heterocycles. The first-order valence-electron chi connectivity index (χ1n) is 2.91. The maximum absolute atomic E-state index is 8.34. The van der Waals surface area contributed by atoms with E-state index in [4.69, 9.17) is 16.2 Å². The van der Waals surface area contributed by atoms with Gasteiger partial charge in [0.15, 0.2) is 0 Å². The van der Waals surface area contributed by atoms with Gasteiger partial charge in [0.2, 0.25) is 0 Å². The molecule has 0 aromatic rings. The summed E-state index contributed by atoms with van der Waals surface area (Å²) in [5, 5.41) is 18.9. The summed E-state index contributed by atoms with van der Waals surface area (Å²) in [7, 11) is 0. The van der Waals surface area contributed by atoms with Gasteiger partial charge in [-0.2, -0.15) is 5.10 Å². The van der Waals surface area contributed by atoms with E-state index in [-0.39, 0.29) is 18.9 Å². The monoisotopic (exact) mass is 144 g/mol. The number of nitrogens with one attached hydrogen (secondary N) is 2. The van der Waals surface area contributed by atoms with Crippen LogP contribution in [0.4, 0.5) is 0 Å². The van der Waals surface area contributed by atoms with Gasteiger partial charge in [0.25, 0.3) is 0 Å². The summed E-state index contributed by atoms with van der Waals surface area (Å²) in [5.74, 6) is 0.523. The summed E-state index contributed by atoms with van der Waals surface area (Å²) in [6.45, 7) is 1.56. The molecule has 0 fully saturated rings. The van der Waals surface area contributed by atoms with E-state index >= 15 is 0 Å². The highest BCUT2D eigenvalue weighted by Crippen LogP contribution is 1.76. The molecule has 0 aliphatic carbocycles. The molecule has 0 spiro atoms. The molecule has 5 N–H and O–H groups in total. The van der Waals surface area contributed by atoms with Gasteiger partial charge in [-0.25, -0.2) is 0 Å². The Morgan fingerprint density at radius 3 is 2.80 bits per heavy atom. The number of nitrogens with two attached hydrogens (primary N) is 1. The van der Waals surface area contributed by atoms with E-state index in [0.717, 1.165) is 0 Å². The minimum atomic E-state index is -0.0506. The molecule has 0 heterocycles. The normalized spacial score (nSPS) is 11.2. The van der Waals surface area contributed by atoms with E-state index in [1.165, 1.54) is 0 Å². The Morgan fingerprint density at radius 2 is 2.40 bits per heavy atom. The van der Waals surface area contributed by atoms with Crippen LogP contribution in [0.1, 0.15) is 13.3 Å². The molecule has 0 radical (unpaired) electrons. The van der Waals surface area contributed by atoms with E-state index in [1.54, 1.807) is 6.92 Å². The lowest BCUT2D eigenvalue weighted by molar-refractivity contribution is 0.305. The van der Waals surface area contributed by atoms with Crippen molar-refractivity contribution in [3.8, 4) is 0 Å². The van der Waals surface area contributed by atoms with Gasteiger partial charge in [-0.3, -0.25) is 10.8 Å². The lowest BCUT2D eigenvalue weighted by Crippen LogP contribution is -2.21. The summed E-state index contributed by atoms with van der Waals surface area (Å²) < 4.78 is 0. The molecule has 0 unspecified atom stereocenters. The van der Waals surface area contributed by atoms with Crippen LogP contribution in [0, 0.1) is 5.41 Å². The highest BCUT2D eigenvalue weighted by Gasteiger charge is 1.90. The van der Waals surface area contributed by atoms with Crippen LogP contribution in [0.15, 0.2) is 5.10 Å². The van der Waals surface area contributed by atoms with Crippen LogP contribution < -0.4 is 11.2 Å². The van der Waals surface area contributed by atoms with Crippen LogP contribution in [-0.2, 0) is 0 Å².